The number of piperidine rings is 1. The van der Waals surface area contributed by atoms with Crippen molar-refractivity contribution in [3.05, 3.63) is 36.0 Å². The lowest BCUT2D eigenvalue weighted by molar-refractivity contribution is 0.367. The van der Waals surface area contributed by atoms with Crippen LogP contribution in [0, 0.1) is 0 Å². The van der Waals surface area contributed by atoms with Crippen LogP contribution in [0.25, 0.3) is 10.1 Å². The molecule has 1 aliphatic rings. The monoisotopic (exact) mass is 299 g/mol. The van der Waals surface area contributed by atoms with Crippen molar-refractivity contribution in [2.75, 3.05) is 23.7 Å². The molecule has 21 heavy (non-hydrogen) atoms. The van der Waals surface area contributed by atoms with Gasteiger partial charge in [-0.05, 0) is 36.4 Å². The molecule has 0 aliphatic carbocycles. The summed E-state index contributed by atoms with van der Waals surface area (Å²) in [5.41, 5.74) is 5.70. The molecule has 4 rings (SSSR count). The van der Waals surface area contributed by atoms with Gasteiger partial charge in [0.1, 0.15) is 11.6 Å². The quantitative estimate of drug-likeness (QED) is 0.790. The van der Waals surface area contributed by atoms with Gasteiger partial charge in [0, 0.05) is 35.6 Å². The van der Waals surface area contributed by atoms with Gasteiger partial charge in [0.05, 0.1) is 6.04 Å². The number of anilines is 2. The second-order valence-electron chi connectivity index (χ2n) is 5.41. The minimum absolute atomic E-state index is 0.445. The number of rotatable bonds is 2. The molecule has 5 nitrogen and oxygen atoms in total. The second-order valence-corrected chi connectivity index (χ2v) is 6.35. The summed E-state index contributed by atoms with van der Waals surface area (Å²) in [4.78, 5) is 6.98. The molecule has 2 N–H and O–H groups in total. The van der Waals surface area contributed by atoms with Crippen LogP contribution in [0.5, 0.6) is 0 Å². The number of nitrogen functional groups attached to an aromatic ring is 1. The van der Waals surface area contributed by atoms with Crippen LogP contribution in [0.4, 0.5) is 11.6 Å². The summed E-state index contributed by atoms with van der Waals surface area (Å²) in [7, 11) is 0. The van der Waals surface area contributed by atoms with Crippen molar-refractivity contribution in [2.45, 2.75) is 18.9 Å². The molecule has 1 saturated heterocycles. The predicted octanol–water partition coefficient (Wildman–Crippen LogP) is 2.92. The first kappa shape index (κ1) is 12.6. The van der Waals surface area contributed by atoms with Crippen LogP contribution in [-0.4, -0.2) is 27.9 Å². The fourth-order valence-electron chi connectivity index (χ4n) is 3.03. The molecule has 4 heterocycles. The fraction of sp³-hybridized carbons (Fsp3) is 0.333. The Kier molecular flexibility index (Phi) is 3.03. The Morgan fingerprint density at radius 1 is 1.19 bits per heavy atom. The van der Waals surface area contributed by atoms with E-state index in [4.69, 9.17) is 5.73 Å². The lowest BCUT2D eigenvalue weighted by atomic mass is 10.1. The highest BCUT2D eigenvalue weighted by Crippen LogP contribution is 2.32. The van der Waals surface area contributed by atoms with E-state index in [1.54, 1.807) is 11.3 Å². The highest BCUT2D eigenvalue weighted by molar-refractivity contribution is 7.17. The maximum atomic E-state index is 5.70. The van der Waals surface area contributed by atoms with Crippen LogP contribution in [-0.2, 0) is 0 Å². The Balaban J connectivity index is 1.53. The second kappa shape index (κ2) is 5.04. The van der Waals surface area contributed by atoms with E-state index in [2.05, 4.69) is 32.5 Å². The number of fused-ring (bicyclic) bond motifs is 1. The molecule has 3 aromatic heterocycles. The van der Waals surface area contributed by atoms with E-state index in [1.165, 1.54) is 10.1 Å². The third-order valence-electron chi connectivity index (χ3n) is 4.13. The normalized spacial score (nSPS) is 16.7. The van der Waals surface area contributed by atoms with Crippen LogP contribution < -0.4 is 10.6 Å². The molecule has 0 saturated carbocycles. The third kappa shape index (κ3) is 2.25. The number of nitrogens with zero attached hydrogens (tertiary/aromatic N) is 4. The molecule has 6 heteroatoms. The summed E-state index contributed by atoms with van der Waals surface area (Å²) in [6, 6.07) is 6.56. The van der Waals surface area contributed by atoms with Crippen molar-refractivity contribution < 1.29 is 0 Å². The molecule has 0 amide bonds. The first-order chi connectivity index (χ1) is 10.3. The van der Waals surface area contributed by atoms with Gasteiger partial charge in [0.2, 0.25) is 0 Å². The van der Waals surface area contributed by atoms with Crippen LogP contribution >= 0.6 is 11.3 Å². The zero-order chi connectivity index (χ0) is 14.2. The molecule has 0 radical (unpaired) electrons. The molecule has 1 fully saturated rings. The van der Waals surface area contributed by atoms with Gasteiger partial charge in [-0.15, -0.1) is 11.3 Å². The van der Waals surface area contributed by atoms with Crippen molar-refractivity contribution in [3.63, 3.8) is 0 Å². The van der Waals surface area contributed by atoms with E-state index >= 15 is 0 Å². The zero-order valence-corrected chi connectivity index (χ0v) is 12.5. The van der Waals surface area contributed by atoms with Gasteiger partial charge in [-0.2, -0.15) is 5.10 Å². The number of pyridine rings is 1. The summed E-state index contributed by atoms with van der Waals surface area (Å²) in [6.45, 7) is 2.01. The summed E-state index contributed by atoms with van der Waals surface area (Å²) in [5, 5.41) is 7.74. The summed E-state index contributed by atoms with van der Waals surface area (Å²) < 4.78 is 3.31. The van der Waals surface area contributed by atoms with Crippen LogP contribution in [0.2, 0.25) is 0 Å². The number of nitrogens with two attached hydrogens (primary N) is 1. The van der Waals surface area contributed by atoms with Gasteiger partial charge in [-0.25, -0.2) is 4.98 Å². The smallest absolute Gasteiger partial charge is 0.145 e. The minimum atomic E-state index is 0.445. The zero-order valence-electron chi connectivity index (χ0n) is 11.6. The molecule has 0 aromatic carbocycles. The third-order valence-corrected chi connectivity index (χ3v) is 5.01. The van der Waals surface area contributed by atoms with Crippen molar-refractivity contribution in [1.82, 2.24) is 14.8 Å². The van der Waals surface area contributed by atoms with E-state index < -0.39 is 0 Å². The number of hydrogen-bond acceptors (Lipinski definition) is 5. The Bertz CT molecular complexity index is 754. The first-order valence-electron chi connectivity index (χ1n) is 7.19. The first-order valence-corrected chi connectivity index (χ1v) is 8.07. The standard InChI is InChI=1S/C15H17N5S/c16-14-4-9-20(18-14)11-2-7-19(8-3-11)15-12-5-10-21-13(12)1-6-17-15/h1,4-6,9-11H,2-3,7-8H2,(H2,16,18). The maximum absolute atomic E-state index is 5.70. The topological polar surface area (TPSA) is 60.0 Å². The molecule has 0 atom stereocenters. The minimum Gasteiger partial charge on any atom is -0.382 e. The molecule has 3 aromatic rings. The van der Waals surface area contributed by atoms with Crippen molar-refractivity contribution in [2.24, 2.45) is 0 Å². The molecule has 0 spiro atoms. The van der Waals surface area contributed by atoms with E-state index in [-0.39, 0.29) is 0 Å². The van der Waals surface area contributed by atoms with Crippen molar-refractivity contribution in [3.8, 4) is 0 Å². The summed E-state index contributed by atoms with van der Waals surface area (Å²) >= 11 is 1.77. The Hall–Kier alpha value is -2.08. The number of thiophene rings is 1. The Morgan fingerprint density at radius 2 is 2.05 bits per heavy atom. The van der Waals surface area contributed by atoms with Crippen molar-refractivity contribution >= 4 is 33.1 Å². The van der Waals surface area contributed by atoms with Gasteiger partial charge < -0.3 is 10.6 Å². The van der Waals surface area contributed by atoms with Gasteiger partial charge in [-0.1, -0.05) is 0 Å². The largest absolute Gasteiger partial charge is 0.382 e. The number of aromatic nitrogens is 3. The maximum Gasteiger partial charge on any atom is 0.145 e. The Morgan fingerprint density at radius 3 is 2.81 bits per heavy atom. The lowest BCUT2D eigenvalue weighted by Crippen LogP contribution is -2.35. The van der Waals surface area contributed by atoms with Crippen LogP contribution in [0.3, 0.4) is 0 Å². The van der Waals surface area contributed by atoms with Gasteiger partial charge in [-0.3, -0.25) is 4.68 Å². The summed E-state index contributed by atoms with van der Waals surface area (Å²) in [5.74, 6) is 1.72. The average molecular weight is 299 g/mol. The van der Waals surface area contributed by atoms with Gasteiger partial charge in [0.25, 0.3) is 0 Å². The Labute approximate surface area is 127 Å². The fourth-order valence-corrected chi connectivity index (χ4v) is 3.81. The molecule has 0 unspecified atom stereocenters. The predicted molar refractivity (Wildman–Crippen MR) is 86.7 cm³/mol. The number of hydrogen-bond donors (Lipinski definition) is 1. The van der Waals surface area contributed by atoms with Gasteiger partial charge in [0.15, 0.2) is 0 Å². The van der Waals surface area contributed by atoms with Gasteiger partial charge >= 0.3 is 0 Å². The SMILES string of the molecule is Nc1ccn(C2CCN(c3nccc4sccc34)CC2)n1. The lowest BCUT2D eigenvalue weighted by Gasteiger charge is -2.33. The molecule has 108 valence electrons. The molecular weight excluding hydrogens is 282 g/mol. The van der Waals surface area contributed by atoms with E-state index in [0.29, 0.717) is 11.9 Å². The average Bonchev–Trinajstić information content (AvgIpc) is 3.15. The highest BCUT2D eigenvalue weighted by atomic mass is 32.1. The van der Waals surface area contributed by atoms with E-state index in [0.717, 1.165) is 31.7 Å². The molecular formula is C15H17N5S. The van der Waals surface area contributed by atoms with Crippen LogP contribution in [0.15, 0.2) is 36.0 Å². The molecule has 1 aliphatic heterocycles. The van der Waals surface area contributed by atoms with Crippen molar-refractivity contribution in [1.29, 1.82) is 0 Å². The van der Waals surface area contributed by atoms with E-state index in [9.17, 15) is 0 Å². The highest BCUT2D eigenvalue weighted by Gasteiger charge is 2.23. The summed E-state index contributed by atoms with van der Waals surface area (Å²) in [6.07, 6.45) is 6.04. The van der Waals surface area contributed by atoms with E-state index in [1.807, 2.05) is 23.1 Å². The van der Waals surface area contributed by atoms with Crippen LogP contribution in [0.1, 0.15) is 18.9 Å². The molecule has 0 bridgehead atoms.